The number of rotatable bonds is 2. The van der Waals surface area contributed by atoms with Gasteiger partial charge in [0.2, 0.25) is 0 Å². The third-order valence-electron chi connectivity index (χ3n) is 4.30. The predicted molar refractivity (Wildman–Crippen MR) is 85.2 cm³/mol. The molecule has 0 amide bonds. The lowest BCUT2D eigenvalue weighted by Gasteiger charge is -2.06. The molecule has 2 heteroatoms. The fraction of sp³-hybridized carbons (Fsp3) is 0.222. The van der Waals surface area contributed by atoms with Gasteiger partial charge in [-0.25, -0.2) is 0 Å². The fourth-order valence-corrected chi connectivity index (χ4v) is 3.18. The largest absolute Gasteiger partial charge is 0.344 e. The van der Waals surface area contributed by atoms with Gasteiger partial charge in [0.15, 0.2) is 0 Å². The van der Waals surface area contributed by atoms with Crippen LogP contribution >= 0.6 is 11.6 Å². The minimum absolute atomic E-state index is 0.699. The molecule has 1 aliphatic rings. The number of fused-ring (bicyclic) bond motifs is 1. The second-order valence-electron chi connectivity index (χ2n) is 5.79. The summed E-state index contributed by atoms with van der Waals surface area (Å²) in [5, 5.41) is 2.09. The maximum Gasteiger partial charge on any atom is 0.0483 e. The Balaban J connectivity index is 1.80. The molecule has 0 bridgehead atoms. The Kier molecular flexibility index (Phi) is 2.64. The SMILES string of the molecule is CC1CC1n1ccc2cc(-c3cccc(Cl)c3)ccc21. The lowest BCUT2D eigenvalue weighted by molar-refractivity contribution is 0.711. The molecule has 1 fully saturated rings. The number of benzene rings is 2. The average Bonchev–Trinajstić information content (AvgIpc) is 3.02. The van der Waals surface area contributed by atoms with Crippen molar-refractivity contribution in [1.82, 2.24) is 4.57 Å². The summed E-state index contributed by atoms with van der Waals surface area (Å²) in [5.41, 5.74) is 3.73. The maximum absolute atomic E-state index is 6.08. The Morgan fingerprint density at radius 3 is 2.60 bits per heavy atom. The monoisotopic (exact) mass is 281 g/mol. The molecule has 1 heterocycles. The predicted octanol–water partition coefficient (Wildman–Crippen LogP) is 5.54. The normalized spacial score (nSPS) is 21.3. The van der Waals surface area contributed by atoms with E-state index in [0.29, 0.717) is 6.04 Å². The molecule has 20 heavy (non-hydrogen) atoms. The van der Waals surface area contributed by atoms with E-state index in [-0.39, 0.29) is 0 Å². The molecule has 2 unspecified atom stereocenters. The first-order valence-electron chi connectivity index (χ1n) is 7.09. The van der Waals surface area contributed by atoms with Gasteiger partial charge < -0.3 is 4.57 Å². The Morgan fingerprint density at radius 2 is 1.85 bits per heavy atom. The zero-order valence-electron chi connectivity index (χ0n) is 11.4. The molecular formula is C18H16ClN. The third kappa shape index (κ3) is 1.94. The molecule has 0 saturated heterocycles. The lowest BCUT2D eigenvalue weighted by atomic mass is 10.0. The Hall–Kier alpha value is -1.73. The summed E-state index contributed by atoms with van der Waals surface area (Å²) in [6.07, 6.45) is 3.53. The van der Waals surface area contributed by atoms with Crippen LogP contribution in [0, 0.1) is 5.92 Å². The Labute approximate surface area is 123 Å². The van der Waals surface area contributed by atoms with E-state index in [1.54, 1.807) is 0 Å². The highest BCUT2D eigenvalue weighted by molar-refractivity contribution is 6.30. The van der Waals surface area contributed by atoms with Gasteiger partial charge >= 0.3 is 0 Å². The third-order valence-corrected chi connectivity index (χ3v) is 4.54. The van der Waals surface area contributed by atoms with Gasteiger partial charge in [-0.05, 0) is 53.8 Å². The molecule has 4 rings (SSSR count). The molecule has 1 aromatic heterocycles. The summed E-state index contributed by atoms with van der Waals surface area (Å²) < 4.78 is 2.42. The number of aromatic nitrogens is 1. The van der Waals surface area contributed by atoms with Crippen molar-refractivity contribution in [3.8, 4) is 11.1 Å². The number of nitrogens with zero attached hydrogens (tertiary/aromatic N) is 1. The van der Waals surface area contributed by atoms with Crippen LogP contribution in [0.3, 0.4) is 0 Å². The van der Waals surface area contributed by atoms with Crippen molar-refractivity contribution in [3.05, 3.63) is 59.8 Å². The standard InChI is InChI=1S/C18H16ClN/c1-12-9-18(12)20-8-7-15-10-14(5-6-17(15)20)13-3-2-4-16(19)11-13/h2-8,10-12,18H,9H2,1H3. The molecule has 2 atom stereocenters. The molecule has 0 N–H and O–H groups in total. The van der Waals surface area contributed by atoms with E-state index in [4.69, 9.17) is 11.6 Å². The average molecular weight is 282 g/mol. The summed E-state index contributed by atoms with van der Waals surface area (Å²) in [7, 11) is 0. The van der Waals surface area contributed by atoms with E-state index >= 15 is 0 Å². The number of hydrogen-bond acceptors (Lipinski definition) is 0. The van der Waals surface area contributed by atoms with Crippen LogP contribution in [-0.4, -0.2) is 4.57 Å². The molecule has 1 saturated carbocycles. The summed E-state index contributed by atoms with van der Waals surface area (Å²) >= 11 is 6.08. The smallest absolute Gasteiger partial charge is 0.0483 e. The van der Waals surface area contributed by atoms with E-state index in [1.807, 2.05) is 18.2 Å². The van der Waals surface area contributed by atoms with Crippen molar-refractivity contribution in [2.75, 3.05) is 0 Å². The molecule has 0 aliphatic heterocycles. The van der Waals surface area contributed by atoms with Crippen LogP contribution in [-0.2, 0) is 0 Å². The first-order chi connectivity index (χ1) is 9.72. The van der Waals surface area contributed by atoms with E-state index in [1.165, 1.54) is 28.5 Å². The highest BCUT2D eigenvalue weighted by atomic mass is 35.5. The Morgan fingerprint density at radius 1 is 1.05 bits per heavy atom. The molecule has 1 nitrogen and oxygen atoms in total. The quantitative estimate of drug-likeness (QED) is 0.581. The molecule has 2 aromatic carbocycles. The van der Waals surface area contributed by atoms with Crippen molar-refractivity contribution >= 4 is 22.5 Å². The molecule has 100 valence electrons. The van der Waals surface area contributed by atoms with E-state index in [0.717, 1.165) is 10.9 Å². The van der Waals surface area contributed by atoms with Gasteiger partial charge in [0.1, 0.15) is 0 Å². The zero-order valence-corrected chi connectivity index (χ0v) is 12.1. The maximum atomic E-state index is 6.08. The highest BCUT2D eigenvalue weighted by Crippen LogP contribution is 2.44. The first kappa shape index (κ1) is 12.0. The van der Waals surface area contributed by atoms with Crippen molar-refractivity contribution in [2.45, 2.75) is 19.4 Å². The van der Waals surface area contributed by atoms with Crippen LogP contribution in [0.1, 0.15) is 19.4 Å². The molecular weight excluding hydrogens is 266 g/mol. The van der Waals surface area contributed by atoms with Gasteiger partial charge in [-0.15, -0.1) is 0 Å². The summed E-state index contributed by atoms with van der Waals surface area (Å²) in [4.78, 5) is 0. The van der Waals surface area contributed by atoms with Crippen molar-refractivity contribution in [3.63, 3.8) is 0 Å². The number of halogens is 1. The van der Waals surface area contributed by atoms with Crippen LogP contribution in [0.2, 0.25) is 5.02 Å². The van der Waals surface area contributed by atoms with Gasteiger partial charge in [-0.3, -0.25) is 0 Å². The second-order valence-corrected chi connectivity index (χ2v) is 6.22. The van der Waals surface area contributed by atoms with Crippen LogP contribution in [0.5, 0.6) is 0 Å². The van der Waals surface area contributed by atoms with Gasteiger partial charge in [0.25, 0.3) is 0 Å². The van der Waals surface area contributed by atoms with Crippen molar-refractivity contribution < 1.29 is 0 Å². The van der Waals surface area contributed by atoms with E-state index in [2.05, 4.69) is 48.0 Å². The van der Waals surface area contributed by atoms with Crippen LogP contribution < -0.4 is 0 Å². The minimum atomic E-state index is 0.699. The second kappa shape index (κ2) is 4.39. The molecule has 3 aromatic rings. The lowest BCUT2D eigenvalue weighted by Crippen LogP contribution is -1.92. The minimum Gasteiger partial charge on any atom is -0.344 e. The highest BCUT2D eigenvalue weighted by Gasteiger charge is 2.34. The molecule has 0 spiro atoms. The van der Waals surface area contributed by atoms with Crippen LogP contribution in [0.4, 0.5) is 0 Å². The first-order valence-corrected chi connectivity index (χ1v) is 7.47. The summed E-state index contributed by atoms with van der Waals surface area (Å²) in [6, 6.07) is 17.6. The molecule has 1 aliphatic carbocycles. The fourth-order valence-electron chi connectivity index (χ4n) is 2.99. The Bertz CT molecular complexity index is 787. The topological polar surface area (TPSA) is 4.93 Å². The van der Waals surface area contributed by atoms with Gasteiger partial charge in [0, 0.05) is 28.2 Å². The van der Waals surface area contributed by atoms with Crippen LogP contribution in [0.15, 0.2) is 54.7 Å². The van der Waals surface area contributed by atoms with E-state index < -0.39 is 0 Å². The van der Waals surface area contributed by atoms with Crippen LogP contribution in [0.25, 0.3) is 22.0 Å². The van der Waals surface area contributed by atoms with Gasteiger partial charge in [-0.2, -0.15) is 0 Å². The molecule has 0 radical (unpaired) electrons. The zero-order chi connectivity index (χ0) is 13.7. The van der Waals surface area contributed by atoms with Crippen molar-refractivity contribution in [1.29, 1.82) is 0 Å². The summed E-state index contributed by atoms with van der Waals surface area (Å²) in [5.74, 6) is 0.818. The van der Waals surface area contributed by atoms with Gasteiger partial charge in [-0.1, -0.05) is 36.7 Å². The number of hydrogen-bond donors (Lipinski definition) is 0. The summed E-state index contributed by atoms with van der Waals surface area (Å²) in [6.45, 7) is 2.32. The van der Waals surface area contributed by atoms with Crippen molar-refractivity contribution in [2.24, 2.45) is 5.92 Å². The van der Waals surface area contributed by atoms with Gasteiger partial charge in [0.05, 0.1) is 0 Å². The van der Waals surface area contributed by atoms with E-state index in [9.17, 15) is 0 Å².